The standard InChI is InChI=1S/C21H24N2O3/c1-3-6-17-7-9-18(10-8-17)22-23-19-11-13-20(14-12-19)25-15-5-16-26-21(24)4-2/h4,7-14H,2-3,5-6,15-16H2,1H3. The molecule has 136 valence electrons. The minimum absolute atomic E-state index is 0.314. The van der Waals surface area contributed by atoms with Crippen LogP contribution in [0.2, 0.25) is 0 Å². The minimum Gasteiger partial charge on any atom is -0.493 e. The molecular weight excluding hydrogens is 328 g/mol. The minimum atomic E-state index is -0.417. The van der Waals surface area contributed by atoms with Crippen molar-refractivity contribution in [3.8, 4) is 5.75 Å². The van der Waals surface area contributed by atoms with E-state index in [1.165, 1.54) is 5.56 Å². The summed E-state index contributed by atoms with van der Waals surface area (Å²) in [6.45, 7) is 6.29. The van der Waals surface area contributed by atoms with E-state index in [0.717, 1.165) is 36.0 Å². The van der Waals surface area contributed by atoms with Gasteiger partial charge in [-0.3, -0.25) is 0 Å². The van der Waals surface area contributed by atoms with Crippen LogP contribution in [0.5, 0.6) is 5.75 Å². The van der Waals surface area contributed by atoms with Gasteiger partial charge in [-0.25, -0.2) is 4.79 Å². The van der Waals surface area contributed by atoms with Crippen molar-refractivity contribution < 1.29 is 14.3 Å². The molecular formula is C21H24N2O3. The zero-order valence-electron chi connectivity index (χ0n) is 15.1. The van der Waals surface area contributed by atoms with Crippen LogP contribution in [0.15, 0.2) is 71.4 Å². The second-order valence-corrected chi connectivity index (χ2v) is 5.68. The molecule has 2 aromatic carbocycles. The maximum absolute atomic E-state index is 10.9. The molecule has 26 heavy (non-hydrogen) atoms. The maximum atomic E-state index is 10.9. The van der Waals surface area contributed by atoms with Gasteiger partial charge in [0, 0.05) is 12.5 Å². The second kappa shape index (κ2) is 10.8. The van der Waals surface area contributed by atoms with Crippen molar-refractivity contribution in [3.05, 3.63) is 66.7 Å². The first-order valence-electron chi connectivity index (χ1n) is 8.74. The number of carbonyl (C=O) groups excluding carboxylic acids is 1. The lowest BCUT2D eigenvalue weighted by Crippen LogP contribution is -2.06. The molecule has 0 unspecified atom stereocenters. The monoisotopic (exact) mass is 352 g/mol. The summed E-state index contributed by atoms with van der Waals surface area (Å²) >= 11 is 0. The van der Waals surface area contributed by atoms with E-state index in [1.807, 2.05) is 36.4 Å². The van der Waals surface area contributed by atoms with Crippen molar-refractivity contribution in [2.45, 2.75) is 26.2 Å². The highest BCUT2D eigenvalue weighted by molar-refractivity contribution is 5.81. The molecule has 0 aliphatic carbocycles. The average Bonchev–Trinajstić information content (AvgIpc) is 2.68. The van der Waals surface area contributed by atoms with E-state index in [4.69, 9.17) is 9.47 Å². The smallest absolute Gasteiger partial charge is 0.330 e. The van der Waals surface area contributed by atoms with Gasteiger partial charge in [0.05, 0.1) is 24.6 Å². The quantitative estimate of drug-likeness (QED) is 0.244. The summed E-state index contributed by atoms with van der Waals surface area (Å²) in [5, 5.41) is 8.48. The topological polar surface area (TPSA) is 60.2 Å². The Morgan fingerprint density at radius 1 is 1.00 bits per heavy atom. The summed E-state index contributed by atoms with van der Waals surface area (Å²) in [5.74, 6) is 0.322. The molecule has 0 aromatic heterocycles. The number of carbonyl (C=O) groups is 1. The van der Waals surface area contributed by atoms with Crippen molar-refractivity contribution in [2.24, 2.45) is 10.2 Å². The van der Waals surface area contributed by atoms with E-state index < -0.39 is 5.97 Å². The highest BCUT2D eigenvalue weighted by Gasteiger charge is 1.98. The molecule has 0 aliphatic heterocycles. The SMILES string of the molecule is C=CC(=O)OCCCOc1ccc(N=Nc2ccc(CCC)cc2)cc1. The average molecular weight is 352 g/mol. The Bertz CT molecular complexity index is 722. The van der Waals surface area contributed by atoms with Crippen molar-refractivity contribution in [1.29, 1.82) is 0 Å². The number of nitrogens with zero attached hydrogens (tertiary/aromatic N) is 2. The zero-order valence-corrected chi connectivity index (χ0v) is 15.1. The summed E-state index contributed by atoms with van der Waals surface area (Å²) < 4.78 is 10.5. The maximum Gasteiger partial charge on any atom is 0.330 e. The van der Waals surface area contributed by atoms with Gasteiger partial charge in [0.15, 0.2) is 0 Å². The van der Waals surface area contributed by atoms with Crippen LogP contribution in [-0.2, 0) is 16.0 Å². The van der Waals surface area contributed by atoms with Gasteiger partial charge >= 0.3 is 5.97 Å². The molecule has 2 aromatic rings. The number of benzene rings is 2. The molecule has 0 aliphatic rings. The van der Waals surface area contributed by atoms with Gasteiger partial charge in [-0.2, -0.15) is 10.2 Å². The molecule has 0 saturated carbocycles. The van der Waals surface area contributed by atoms with Crippen LogP contribution in [0.1, 0.15) is 25.3 Å². The summed E-state index contributed by atoms with van der Waals surface area (Å²) in [6.07, 6.45) is 3.98. The Balaban J connectivity index is 1.77. The Hall–Kier alpha value is -2.95. The molecule has 0 bridgehead atoms. The summed E-state index contributed by atoms with van der Waals surface area (Å²) in [7, 11) is 0. The largest absolute Gasteiger partial charge is 0.493 e. The van der Waals surface area contributed by atoms with E-state index in [1.54, 1.807) is 0 Å². The fourth-order valence-electron chi connectivity index (χ4n) is 2.22. The van der Waals surface area contributed by atoms with Gasteiger partial charge in [-0.05, 0) is 48.4 Å². The summed E-state index contributed by atoms with van der Waals surface area (Å²) in [5.41, 5.74) is 2.90. The van der Waals surface area contributed by atoms with Gasteiger partial charge < -0.3 is 9.47 Å². The van der Waals surface area contributed by atoms with Gasteiger partial charge in [0.25, 0.3) is 0 Å². The van der Waals surface area contributed by atoms with Crippen molar-refractivity contribution in [1.82, 2.24) is 0 Å². The number of ether oxygens (including phenoxy) is 2. The molecule has 0 radical (unpaired) electrons. The molecule has 0 fully saturated rings. The lowest BCUT2D eigenvalue weighted by Gasteiger charge is -2.06. The lowest BCUT2D eigenvalue weighted by molar-refractivity contribution is -0.137. The van der Waals surface area contributed by atoms with E-state index in [0.29, 0.717) is 19.6 Å². The molecule has 0 heterocycles. The third-order valence-electron chi connectivity index (χ3n) is 3.56. The van der Waals surface area contributed by atoms with E-state index in [-0.39, 0.29) is 0 Å². The molecule has 5 heteroatoms. The Morgan fingerprint density at radius 3 is 2.19 bits per heavy atom. The zero-order chi connectivity index (χ0) is 18.6. The van der Waals surface area contributed by atoms with E-state index >= 15 is 0 Å². The Kier molecular flexibility index (Phi) is 8.06. The molecule has 0 N–H and O–H groups in total. The predicted molar refractivity (Wildman–Crippen MR) is 102 cm³/mol. The predicted octanol–water partition coefficient (Wildman–Crippen LogP) is 5.55. The number of aryl methyl sites for hydroxylation is 1. The number of hydrogen-bond donors (Lipinski definition) is 0. The van der Waals surface area contributed by atoms with E-state index in [2.05, 4.69) is 35.9 Å². The molecule has 2 rings (SSSR count). The normalized spacial score (nSPS) is 10.7. The van der Waals surface area contributed by atoms with Crippen LogP contribution in [0.3, 0.4) is 0 Å². The van der Waals surface area contributed by atoms with Crippen LogP contribution >= 0.6 is 0 Å². The molecule has 0 spiro atoms. The second-order valence-electron chi connectivity index (χ2n) is 5.68. The molecule has 0 amide bonds. The molecule has 0 saturated heterocycles. The Labute approximate surface area is 154 Å². The number of rotatable bonds is 10. The molecule has 0 atom stereocenters. The highest BCUT2D eigenvalue weighted by atomic mass is 16.5. The third kappa shape index (κ3) is 6.89. The third-order valence-corrected chi connectivity index (χ3v) is 3.56. The van der Waals surface area contributed by atoms with Crippen LogP contribution in [0.25, 0.3) is 0 Å². The van der Waals surface area contributed by atoms with Crippen molar-refractivity contribution in [2.75, 3.05) is 13.2 Å². The fraction of sp³-hybridized carbons (Fsp3) is 0.286. The van der Waals surface area contributed by atoms with Gasteiger partial charge in [-0.1, -0.05) is 32.1 Å². The Morgan fingerprint density at radius 2 is 1.62 bits per heavy atom. The first-order chi connectivity index (χ1) is 12.7. The van der Waals surface area contributed by atoms with E-state index in [9.17, 15) is 4.79 Å². The van der Waals surface area contributed by atoms with Gasteiger partial charge in [0.1, 0.15) is 5.75 Å². The van der Waals surface area contributed by atoms with Crippen LogP contribution in [0.4, 0.5) is 11.4 Å². The first-order valence-corrected chi connectivity index (χ1v) is 8.74. The summed E-state index contributed by atoms with van der Waals surface area (Å²) in [6, 6.07) is 15.5. The number of azo groups is 1. The fourth-order valence-corrected chi connectivity index (χ4v) is 2.22. The first kappa shape index (κ1) is 19.4. The van der Waals surface area contributed by atoms with Gasteiger partial charge in [0.2, 0.25) is 0 Å². The molecule has 5 nitrogen and oxygen atoms in total. The highest BCUT2D eigenvalue weighted by Crippen LogP contribution is 2.22. The summed E-state index contributed by atoms with van der Waals surface area (Å²) in [4.78, 5) is 10.9. The van der Waals surface area contributed by atoms with Crippen LogP contribution < -0.4 is 4.74 Å². The van der Waals surface area contributed by atoms with Crippen molar-refractivity contribution >= 4 is 17.3 Å². The van der Waals surface area contributed by atoms with Crippen LogP contribution in [-0.4, -0.2) is 19.2 Å². The van der Waals surface area contributed by atoms with Crippen molar-refractivity contribution in [3.63, 3.8) is 0 Å². The number of hydrogen-bond acceptors (Lipinski definition) is 5. The number of esters is 1. The van der Waals surface area contributed by atoms with Gasteiger partial charge in [-0.15, -0.1) is 0 Å². The lowest BCUT2D eigenvalue weighted by atomic mass is 10.1. The van der Waals surface area contributed by atoms with Crippen LogP contribution in [0, 0.1) is 0 Å².